The highest BCUT2D eigenvalue weighted by Crippen LogP contribution is 2.29. The van der Waals surface area contributed by atoms with Gasteiger partial charge in [-0.3, -0.25) is 4.79 Å². The normalized spacial score (nSPS) is 17.2. The van der Waals surface area contributed by atoms with Crippen molar-refractivity contribution >= 4 is 46.5 Å². The van der Waals surface area contributed by atoms with E-state index in [9.17, 15) is 14.4 Å². The predicted molar refractivity (Wildman–Crippen MR) is 108 cm³/mol. The fraction of sp³-hybridized carbons (Fsp3) is 0.100. The predicted octanol–water partition coefficient (Wildman–Crippen LogP) is 3.13. The first-order valence-electron chi connectivity index (χ1n) is 8.44. The topological polar surface area (TPSA) is 125 Å². The van der Waals surface area contributed by atoms with Crippen LogP contribution in [0.25, 0.3) is 6.08 Å². The number of nitrogens with zero attached hydrogens (tertiary/aromatic N) is 1. The fourth-order valence-electron chi connectivity index (χ4n) is 2.36. The Hall–Kier alpha value is -3.59. The van der Waals surface area contributed by atoms with Crippen LogP contribution in [0.3, 0.4) is 0 Å². The highest BCUT2D eigenvalue weighted by Gasteiger charge is 2.24. The molecule has 0 aromatic heterocycles. The number of ether oxygens (including phenoxy) is 1. The molecule has 0 aliphatic carbocycles. The van der Waals surface area contributed by atoms with E-state index in [2.05, 4.69) is 10.3 Å². The standard InChI is InChI=1S/C20H16N2O6S/c1-11(18(24)25)28-15-4-2-3-12(9-15)10-16-17(23)22-20(29-16)21-14-7-5-13(6-8-14)19(26)27/h2-11H,1H3,(H,24,25)(H,26,27)(H,21,22,23)/b16-10-. The molecule has 1 saturated heterocycles. The second kappa shape index (κ2) is 8.61. The van der Waals surface area contributed by atoms with E-state index in [4.69, 9.17) is 14.9 Å². The summed E-state index contributed by atoms with van der Waals surface area (Å²) in [5, 5.41) is 20.9. The molecule has 9 heteroatoms. The molecule has 29 heavy (non-hydrogen) atoms. The first-order chi connectivity index (χ1) is 13.8. The number of carboxylic acid groups (broad SMARTS) is 2. The number of rotatable bonds is 6. The smallest absolute Gasteiger partial charge is 0.344 e. The van der Waals surface area contributed by atoms with Crippen molar-refractivity contribution in [2.45, 2.75) is 13.0 Å². The minimum atomic E-state index is -1.07. The Morgan fingerprint density at radius 3 is 2.55 bits per heavy atom. The zero-order chi connectivity index (χ0) is 21.0. The van der Waals surface area contributed by atoms with E-state index in [-0.39, 0.29) is 11.5 Å². The number of amidine groups is 1. The number of carboxylic acids is 2. The molecule has 1 aliphatic heterocycles. The lowest BCUT2D eigenvalue weighted by atomic mass is 10.2. The van der Waals surface area contributed by atoms with Crippen molar-refractivity contribution < 1.29 is 29.3 Å². The molecule has 1 fully saturated rings. The number of aliphatic imine (C=N–C) groups is 1. The van der Waals surface area contributed by atoms with Gasteiger partial charge in [0.15, 0.2) is 11.3 Å². The van der Waals surface area contributed by atoms with Crippen molar-refractivity contribution in [2.24, 2.45) is 4.99 Å². The number of thioether (sulfide) groups is 1. The lowest BCUT2D eigenvalue weighted by molar-refractivity contribution is -0.144. The second-order valence-electron chi connectivity index (χ2n) is 6.00. The van der Waals surface area contributed by atoms with Gasteiger partial charge in [-0.2, -0.15) is 0 Å². The van der Waals surface area contributed by atoms with E-state index in [1.165, 1.54) is 19.1 Å². The molecule has 3 rings (SSSR count). The van der Waals surface area contributed by atoms with Gasteiger partial charge in [-0.05, 0) is 66.7 Å². The number of amides is 1. The molecule has 0 radical (unpaired) electrons. The molecule has 0 spiro atoms. The van der Waals surface area contributed by atoms with Crippen LogP contribution in [0.4, 0.5) is 5.69 Å². The van der Waals surface area contributed by atoms with Crippen molar-refractivity contribution in [1.82, 2.24) is 5.32 Å². The number of aromatic carboxylic acids is 1. The van der Waals surface area contributed by atoms with Crippen molar-refractivity contribution in [1.29, 1.82) is 0 Å². The quantitative estimate of drug-likeness (QED) is 0.623. The van der Waals surface area contributed by atoms with Crippen LogP contribution in [0.2, 0.25) is 0 Å². The van der Waals surface area contributed by atoms with Crippen molar-refractivity contribution in [2.75, 3.05) is 0 Å². The molecule has 148 valence electrons. The molecular formula is C20H16N2O6S. The van der Waals surface area contributed by atoms with E-state index < -0.39 is 18.0 Å². The average Bonchev–Trinajstić information content (AvgIpc) is 3.01. The van der Waals surface area contributed by atoms with Crippen LogP contribution in [0.1, 0.15) is 22.8 Å². The molecule has 2 aromatic carbocycles. The lowest BCUT2D eigenvalue weighted by Crippen LogP contribution is -2.22. The molecular weight excluding hydrogens is 396 g/mol. The van der Waals surface area contributed by atoms with Gasteiger partial charge in [-0.1, -0.05) is 12.1 Å². The van der Waals surface area contributed by atoms with Gasteiger partial charge < -0.3 is 20.3 Å². The molecule has 2 aromatic rings. The third kappa shape index (κ3) is 5.23. The number of hydrogen-bond acceptors (Lipinski definition) is 6. The minimum Gasteiger partial charge on any atom is -0.479 e. The highest BCUT2D eigenvalue weighted by molar-refractivity contribution is 8.18. The number of carbonyl (C=O) groups excluding carboxylic acids is 1. The van der Waals surface area contributed by atoms with Gasteiger partial charge in [-0.15, -0.1) is 0 Å². The summed E-state index contributed by atoms with van der Waals surface area (Å²) in [6, 6.07) is 12.7. The van der Waals surface area contributed by atoms with E-state index in [0.29, 0.717) is 27.1 Å². The van der Waals surface area contributed by atoms with Gasteiger partial charge in [0.2, 0.25) is 0 Å². The summed E-state index contributed by atoms with van der Waals surface area (Å²) in [5.74, 6) is -2.04. The van der Waals surface area contributed by atoms with E-state index >= 15 is 0 Å². The Balaban J connectivity index is 1.75. The number of carbonyl (C=O) groups is 3. The molecule has 1 aliphatic rings. The van der Waals surface area contributed by atoms with Gasteiger partial charge in [0.05, 0.1) is 16.2 Å². The first kappa shape index (κ1) is 20.2. The van der Waals surface area contributed by atoms with Crippen molar-refractivity contribution in [3.8, 4) is 5.75 Å². The second-order valence-corrected chi connectivity index (χ2v) is 7.04. The molecule has 3 N–H and O–H groups in total. The van der Waals surface area contributed by atoms with Crippen LogP contribution in [-0.4, -0.2) is 39.3 Å². The van der Waals surface area contributed by atoms with Gasteiger partial charge in [0.25, 0.3) is 5.91 Å². The zero-order valence-electron chi connectivity index (χ0n) is 15.2. The maximum absolute atomic E-state index is 12.2. The summed E-state index contributed by atoms with van der Waals surface area (Å²) in [6.07, 6.45) is 0.655. The number of hydrogen-bond donors (Lipinski definition) is 3. The number of nitrogens with one attached hydrogen (secondary N) is 1. The highest BCUT2D eigenvalue weighted by atomic mass is 32.2. The van der Waals surface area contributed by atoms with Crippen LogP contribution in [0, 0.1) is 0 Å². The largest absolute Gasteiger partial charge is 0.479 e. The van der Waals surface area contributed by atoms with Gasteiger partial charge in [0.1, 0.15) is 5.75 Å². The Kier molecular flexibility index (Phi) is 5.99. The zero-order valence-corrected chi connectivity index (χ0v) is 16.0. The number of aliphatic carboxylic acids is 1. The molecule has 1 amide bonds. The molecule has 0 bridgehead atoms. The van der Waals surface area contributed by atoms with Gasteiger partial charge in [-0.25, -0.2) is 14.6 Å². The summed E-state index contributed by atoms with van der Waals surface area (Å²) in [5.41, 5.74) is 1.33. The first-order valence-corrected chi connectivity index (χ1v) is 9.26. The fourth-order valence-corrected chi connectivity index (χ4v) is 3.20. The summed E-state index contributed by atoms with van der Waals surface area (Å²) < 4.78 is 5.33. The van der Waals surface area contributed by atoms with Crippen LogP contribution in [0.15, 0.2) is 58.4 Å². The van der Waals surface area contributed by atoms with Crippen LogP contribution >= 0.6 is 11.8 Å². The Morgan fingerprint density at radius 2 is 1.90 bits per heavy atom. The van der Waals surface area contributed by atoms with Crippen molar-refractivity contribution in [3.05, 3.63) is 64.6 Å². The third-order valence-corrected chi connectivity index (χ3v) is 4.72. The van der Waals surface area contributed by atoms with Crippen LogP contribution < -0.4 is 10.1 Å². The maximum atomic E-state index is 12.2. The van der Waals surface area contributed by atoms with Crippen molar-refractivity contribution in [3.63, 3.8) is 0 Å². The molecule has 1 unspecified atom stereocenters. The summed E-state index contributed by atoms with van der Waals surface area (Å²) >= 11 is 1.14. The summed E-state index contributed by atoms with van der Waals surface area (Å²) in [7, 11) is 0. The van der Waals surface area contributed by atoms with E-state index in [1.807, 2.05) is 0 Å². The molecule has 8 nitrogen and oxygen atoms in total. The van der Waals surface area contributed by atoms with Gasteiger partial charge in [0, 0.05) is 0 Å². The lowest BCUT2D eigenvalue weighted by Gasteiger charge is -2.10. The van der Waals surface area contributed by atoms with Gasteiger partial charge >= 0.3 is 11.9 Å². The number of benzene rings is 2. The Labute approximate surface area is 169 Å². The van der Waals surface area contributed by atoms with Crippen LogP contribution in [0.5, 0.6) is 5.75 Å². The van der Waals surface area contributed by atoms with E-state index in [0.717, 1.165) is 11.8 Å². The molecule has 1 atom stereocenters. The average molecular weight is 412 g/mol. The van der Waals surface area contributed by atoms with Crippen LogP contribution in [-0.2, 0) is 9.59 Å². The Morgan fingerprint density at radius 1 is 1.17 bits per heavy atom. The molecule has 0 saturated carbocycles. The SMILES string of the molecule is CC(Oc1cccc(/C=C2\SC(=Nc3ccc(C(=O)O)cc3)NC2=O)c1)C(=O)O. The Bertz CT molecular complexity index is 1030. The minimum absolute atomic E-state index is 0.150. The monoisotopic (exact) mass is 412 g/mol. The molecule has 1 heterocycles. The maximum Gasteiger partial charge on any atom is 0.344 e. The van der Waals surface area contributed by atoms with E-state index in [1.54, 1.807) is 42.5 Å². The summed E-state index contributed by atoms with van der Waals surface area (Å²) in [4.78, 5) is 38.7. The third-order valence-electron chi connectivity index (χ3n) is 3.81. The summed E-state index contributed by atoms with van der Waals surface area (Å²) in [6.45, 7) is 1.43.